The molecule has 0 aromatic heterocycles. The Labute approximate surface area is 132 Å². The van der Waals surface area contributed by atoms with Gasteiger partial charge in [-0.1, -0.05) is 0 Å². The van der Waals surface area contributed by atoms with Crippen LogP contribution in [0.25, 0.3) is 0 Å². The summed E-state index contributed by atoms with van der Waals surface area (Å²) in [4.78, 5) is 23.6. The van der Waals surface area contributed by atoms with E-state index in [0.717, 1.165) is 5.32 Å². The SMILES string of the molecule is COC(=O)[C@H](CC(C)C)NC(=O)CC[Se]c1ccccc1. The van der Waals surface area contributed by atoms with Gasteiger partial charge in [0.1, 0.15) is 0 Å². The predicted molar refractivity (Wildman–Crippen MR) is 84.7 cm³/mol. The van der Waals surface area contributed by atoms with E-state index in [0.29, 0.717) is 18.8 Å². The maximum absolute atomic E-state index is 11.9. The van der Waals surface area contributed by atoms with Crippen LogP contribution >= 0.6 is 0 Å². The van der Waals surface area contributed by atoms with Gasteiger partial charge < -0.3 is 0 Å². The first-order valence-corrected chi connectivity index (χ1v) is 9.14. The number of rotatable bonds is 8. The molecule has 0 spiro atoms. The molecule has 1 aromatic carbocycles. The topological polar surface area (TPSA) is 55.4 Å². The van der Waals surface area contributed by atoms with Crippen molar-refractivity contribution < 1.29 is 14.3 Å². The molecule has 0 aliphatic heterocycles. The van der Waals surface area contributed by atoms with Crippen LogP contribution in [-0.4, -0.2) is 40.0 Å². The Morgan fingerprint density at radius 1 is 1.24 bits per heavy atom. The molecule has 0 saturated heterocycles. The van der Waals surface area contributed by atoms with E-state index in [1.165, 1.54) is 11.6 Å². The normalized spacial score (nSPS) is 12.0. The molecule has 4 nitrogen and oxygen atoms in total. The van der Waals surface area contributed by atoms with Gasteiger partial charge in [-0.15, -0.1) is 0 Å². The molecule has 21 heavy (non-hydrogen) atoms. The van der Waals surface area contributed by atoms with Gasteiger partial charge >= 0.3 is 132 Å². The average molecular weight is 356 g/mol. The fourth-order valence-corrected chi connectivity index (χ4v) is 3.70. The monoisotopic (exact) mass is 357 g/mol. The molecule has 0 unspecified atom stereocenters. The van der Waals surface area contributed by atoms with E-state index < -0.39 is 6.04 Å². The van der Waals surface area contributed by atoms with Gasteiger partial charge in [-0.3, -0.25) is 0 Å². The Kier molecular flexibility index (Phi) is 8.09. The van der Waals surface area contributed by atoms with Crippen molar-refractivity contribution in [3.05, 3.63) is 30.3 Å². The number of hydrogen-bond acceptors (Lipinski definition) is 3. The molecule has 1 atom stereocenters. The number of ether oxygens (including phenoxy) is 1. The van der Waals surface area contributed by atoms with Crippen LogP contribution < -0.4 is 9.78 Å². The fourth-order valence-electron chi connectivity index (χ4n) is 1.87. The van der Waals surface area contributed by atoms with Crippen LogP contribution in [0, 0.1) is 5.92 Å². The molecule has 0 fully saturated rings. The maximum atomic E-state index is 11.9. The summed E-state index contributed by atoms with van der Waals surface area (Å²) in [6.07, 6.45) is 1.04. The van der Waals surface area contributed by atoms with Crippen LogP contribution in [0.15, 0.2) is 30.3 Å². The third-order valence-corrected chi connectivity index (χ3v) is 5.00. The molecule has 0 radical (unpaired) electrons. The summed E-state index contributed by atoms with van der Waals surface area (Å²) in [5, 5.41) is 3.61. The second-order valence-electron chi connectivity index (χ2n) is 5.18. The summed E-state index contributed by atoms with van der Waals surface area (Å²) >= 11 is 0.289. The number of benzene rings is 1. The van der Waals surface area contributed by atoms with Gasteiger partial charge in [-0.25, -0.2) is 0 Å². The molecule has 1 N–H and O–H groups in total. The minimum atomic E-state index is -0.535. The molecule has 1 rings (SSSR count). The summed E-state index contributed by atoms with van der Waals surface area (Å²) in [5.74, 6) is -0.127. The zero-order valence-electron chi connectivity index (χ0n) is 12.8. The second-order valence-corrected chi connectivity index (χ2v) is 7.64. The Bertz CT molecular complexity index is 448. The summed E-state index contributed by atoms with van der Waals surface area (Å²) in [6, 6.07) is 9.62. The molecule has 0 aliphatic rings. The number of esters is 1. The third kappa shape index (κ3) is 7.30. The van der Waals surface area contributed by atoms with Gasteiger partial charge in [0.05, 0.1) is 0 Å². The molecule has 0 heterocycles. The van der Waals surface area contributed by atoms with Gasteiger partial charge in [-0.2, -0.15) is 0 Å². The van der Waals surface area contributed by atoms with Gasteiger partial charge in [0.2, 0.25) is 0 Å². The molecule has 1 aromatic rings. The summed E-state index contributed by atoms with van der Waals surface area (Å²) in [7, 11) is 1.35. The predicted octanol–water partition coefficient (Wildman–Crippen LogP) is 1.53. The van der Waals surface area contributed by atoms with Gasteiger partial charge in [0, 0.05) is 0 Å². The van der Waals surface area contributed by atoms with Crippen molar-refractivity contribution >= 4 is 31.3 Å². The molecular formula is C16H23NO3Se. The molecule has 5 heteroatoms. The zero-order valence-corrected chi connectivity index (χ0v) is 14.5. The van der Waals surface area contributed by atoms with Crippen molar-refractivity contribution in [1.29, 1.82) is 0 Å². The van der Waals surface area contributed by atoms with Crippen LogP contribution in [0.3, 0.4) is 0 Å². The quantitative estimate of drug-likeness (QED) is 0.568. The number of methoxy groups -OCH3 is 1. The Morgan fingerprint density at radius 2 is 1.90 bits per heavy atom. The summed E-state index contributed by atoms with van der Waals surface area (Å²) < 4.78 is 6.02. The van der Waals surface area contributed by atoms with E-state index in [4.69, 9.17) is 4.74 Å². The summed E-state index contributed by atoms with van der Waals surface area (Å²) in [5.41, 5.74) is 0. The fraction of sp³-hybridized carbons (Fsp3) is 0.500. The molecule has 1 amide bonds. The van der Waals surface area contributed by atoms with Crippen molar-refractivity contribution in [2.45, 2.75) is 38.1 Å². The zero-order chi connectivity index (χ0) is 15.7. The van der Waals surface area contributed by atoms with Gasteiger partial charge in [0.25, 0.3) is 0 Å². The number of carbonyl (C=O) groups is 2. The Balaban J connectivity index is 2.37. The van der Waals surface area contributed by atoms with Crippen molar-refractivity contribution in [2.75, 3.05) is 7.11 Å². The molecule has 116 valence electrons. The number of hydrogen-bond donors (Lipinski definition) is 1. The Hall–Kier alpha value is -1.32. The van der Waals surface area contributed by atoms with E-state index in [1.807, 2.05) is 32.0 Å². The van der Waals surface area contributed by atoms with Crippen LogP contribution in [0.2, 0.25) is 5.32 Å². The third-order valence-electron chi connectivity index (χ3n) is 2.87. The average Bonchev–Trinajstić information content (AvgIpc) is 2.46. The van der Waals surface area contributed by atoms with E-state index in [-0.39, 0.29) is 26.8 Å². The molecule has 0 bridgehead atoms. The molecule has 0 saturated carbocycles. The standard InChI is InChI=1S/C16H23NO3Se/c1-12(2)11-14(16(19)20-3)17-15(18)9-10-21-13-7-5-4-6-8-13/h4-8,12,14H,9-11H2,1-3H3,(H,17,18)/t14-/m0/s1. The van der Waals surface area contributed by atoms with Crippen molar-refractivity contribution in [3.63, 3.8) is 0 Å². The first-order chi connectivity index (χ1) is 10.0. The number of carbonyl (C=O) groups excluding carboxylic acids is 2. The number of nitrogens with one attached hydrogen (secondary N) is 1. The van der Waals surface area contributed by atoms with E-state index in [1.54, 1.807) is 0 Å². The van der Waals surface area contributed by atoms with Crippen LogP contribution in [0.1, 0.15) is 26.7 Å². The van der Waals surface area contributed by atoms with E-state index in [2.05, 4.69) is 17.4 Å². The van der Waals surface area contributed by atoms with E-state index >= 15 is 0 Å². The summed E-state index contributed by atoms with van der Waals surface area (Å²) in [6.45, 7) is 4.03. The molecular weight excluding hydrogens is 333 g/mol. The Morgan fingerprint density at radius 3 is 2.48 bits per heavy atom. The molecule has 0 aliphatic carbocycles. The van der Waals surface area contributed by atoms with Crippen molar-refractivity contribution in [1.82, 2.24) is 5.32 Å². The minimum absolute atomic E-state index is 0.0798. The number of amides is 1. The first kappa shape index (κ1) is 17.7. The van der Waals surface area contributed by atoms with Crippen molar-refractivity contribution in [3.8, 4) is 0 Å². The van der Waals surface area contributed by atoms with Crippen LogP contribution in [0.5, 0.6) is 0 Å². The van der Waals surface area contributed by atoms with Crippen molar-refractivity contribution in [2.24, 2.45) is 5.92 Å². The van der Waals surface area contributed by atoms with Crippen LogP contribution in [0.4, 0.5) is 0 Å². The first-order valence-electron chi connectivity index (χ1n) is 7.08. The van der Waals surface area contributed by atoms with Gasteiger partial charge in [0.15, 0.2) is 0 Å². The van der Waals surface area contributed by atoms with Crippen LogP contribution in [-0.2, 0) is 14.3 Å². The van der Waals surface area contributed by atoms with Gasteiger partial charge in [-0.05, 0) is 0 Å². The second kappa shape index (κ2) is 9.59. The van der Waals surface area contributed by atoms with E-state index in [9.17, 15) is 9.59 Å².